The van der Waals surface area contributed by atoms with E-state index >= 15 is 0 Å². The van der Waals surface area contributed by atoms with Crippen LogP contribution in [-0.2, 0) is 6.54 Å². The first-order valence-corrected chi connectivity index (χ1v) is 6.08. The van der Waals surface area contributed by atoms with E-state index < -0.39 is 5.97 Å². The molecule has 0 saturated carbocycles. The van der Waals surface area contributed by atoms with Crippen molar-refractivity contribution in [1.82, 2.24) is 9.13 Å². The Balaban J connectivity index is 2.29. The topological polar surface area (TPSA) is 64.2 Å². The van der Waals surface area contributed by atoms with Crippen molar-refractivity contribution >= 4 is 5.97 Å². The molecule has 2 rings (SSSR count). The molecule has 1 N–H and O–H groups in total. The van der Waals surface area contributed by atoms with E-state index in [1.807, 2.05) is 19.9 Å². The summed E-state index contributed by atoms with van der Waals surface area (Å²) in [5.41, 5.74) is 0.938. The van der Waals surface area contributed by atoms with Crippen molar-refractivity contribution in [3.05, 3.63) is 58.3 Å². The molecule has 0 atom stereocenters. The van der Waals surface area contributed by atoms with Crippen molar-refractivity contribution in [2.75, 3.05) is 0 Å². The van der Waals surface area contributed by atoms with Gasteiger partial charge in [0.1, 0.15) is 0 Å². The number of rotatable bonds is 4. The summed E-state index contributed by atoms with van der Waals surface area (Å²) in [6.45, 7) is 4.26. The third-order valence-electron chi connectivity index (χ3n) is 2.96. The number of nitrogens with zero attached hydrogens (tertiary/aromatic N) is 2. The second kappa shape index (κ2) is 5.14. The molecule has 0 aliphatic carbocycles. The van der Waals surface area contributed by atoms with E-state index in [9.17, 15) is 9.59 Å². The number of carbonyl (C=O) groups is 1. The van der Waals surface area contributed by atoms with Crippen molar-refractivity contribution in [3.8, 4) is 0 Å². The average Bonchev–Trinajstić information content (AvgIpc) is 2.71. The Bertz CT molecular complexity index is 653. The van der Waals surface area contributed by atoms with E-state index in [0.717, 1.165) is 5.56 Å². The van der Waals surface area contributed by atoms with Crippen LogP contribution in [0.5, 0.6) is 0 Å². The summed E-state index contributed by atoms with van der Waals surface area (Å²) in [5, 5.41) is 8.93. The summed E-state index contributed by atoms with van der Waals surface area (Å²) < 4.78 is 3.21. The molecule has 0 aliphatic rings. The summed E-state index contributed by atoms with van der Waals surface area (Å²) in [4.78, 5) is 22.9. The number of carboxylic acids is 1. The van der Waals surface area contributed by atoms with Gasteiger partial charge < -0.3 is 5.11 Å². The molecule has 0 radical (unpaired) electrons. The SMILES string of the molecule is CC(C)n1ccn(Cc2cccc(C(=O)O)c2)c1=O. The van der Waals surface area contributed by atoms with Gasteiger partial charge in [0.05, 0.1) is 12.1 Å². The normalized spacial score (nSPS) is 10.9. The number of imidazole rings is 1. The molecule has 1 aromatic heterocycles. The molecule has 0 unspecified atom stereocenters. The minimum atomic E-state index is -0.964. The summed E-state index contributed by atoms with van der Waals surface area (Å²) in [6.07, 6.45) is 3.46. The van der Waals surface area contributed by atoms with Crippen molar-refractivity contribution in [1.29, 1.82) is 0 Å². The zero-order chi connectivity index (χ0) is 14.0. The molecule has 0 fully saturated rings. The van der Waals surface area contributed by atoms with Crippen LogP contribution < -0.4 is 5.69 Å². The summed E-state index contributed by atoms with van der Waals surface area (Å²) in [5.74, 6) is -0.964. The second-order valence-corrected chi connectivity index (χ2v) is 4.72. The average molecular weight is 260 g/mol. The summed E-state index contributed by atoms with van der Waals surface area (Å²) in [7, 11) is 0. The van der Waals surface area contributed by atoms with Crippen LogP contribution in [0.1, 0.15) is 35.8 Å². The molecule has 0 saturated heterocycles. The van der Waals surface area contributed by atoms with Gasteiger partial charge in [0, 0.05) is 18.4 Å². The molecule has 0 aliphatic heterocycles. The lowest BCUT2D eigenvalue weighted by atomic mass is 10.1. The van der Waals surface area contributed by atoms with Crippen LogP contribution in [0.2, 0.25) is 0 Å². The van der Waals surface area contributed by atoms with Crippen molar-refractivity contribution in [2.24, 2.45) is 0 Å². The Morgan fingerprint density at radius 3 is 2.63 bits per heavy atom. The van der Waals surface area contributed by atoms with Gasteiger partial charge in [-0.2, -0.15) is 0 Å². The first kappa shape index (κ1) is 13.1. The van der Waals surface area contributed by atoms with Crippen molar-refractivity contribution in [2.45, 2.75) is 26.4 Å². The standard InChI is InChI=1S/C14H16N2O3/c1-10(2)16-7-6-15(14(16)19)9-11-4-3-5-12(8-11)13(17)18/h3-8,10H,9H2,1-2H3,(H,17,18). The van der Waals surface area contributed by atoms with Gasteiger partial charge in [0.15, 0.2) is 0 Å². The molecule has 1 heterocycles. The molecule has 100 valence electrons. The molecule has 5 nitrogen and oxygen atoms in total. The molecule has 2 aromatic rings. The first-order valence-electron chi connectivity index (χ1n) is 6.08. The number of aromatic carboxylic acids is 1. The van der Waals surface area contributed by atoms with Gasteiger partial charge in [0.2, 0.25) is 0 Å². The lowest BCUT2D eigenvalue weighted by Crippen LogP contribution is -2.25. The maximum atomic E-state index is 12.0. The maximum absolute atomic E-state index is 12.0. The fourth-order valence-corrected chi connectivity index (χ4v) is 1.94. The minimum absolute atomic E-state index is 0.0873. The molecular weight excluding hydrogens is 244 g/mol. The summed E-state index contributed by atoms with van der Waals surface area (Å²) >= 11 is 0. The number of hydrogen-bond acceptors (Lipinski definition) is 2. The van der Waals surface area contributed by atoms with E-state index in [-0.39, 0.29) is 17.3 Å². The Hall–Kier alpha value is -2.30. The van der Waals surface area contributed by atoms with Crippen LogP contribution in [0.4, 0.5) is 0 Å². The Labute approximate surface area is 110 Å². The highest BCUT2D eigenvalue weighted by atomic mass is 16.4. The molecule has 1 aromatic carbocycles. The Kier molecular flexibility index (Phi) is 3.55. The minimum Gasteiger partial charge on any atom is -0.478 e. The van der Waals surface area contributed by atoms with E-state index in [0.29, 0.717) is 6.54 Å². The van der Waals surface area contributed by atoms with Gasteiger partial charge >= 0.3 is 11.7 Å². The maximum Gasteiger partial charge on any atom is 0.335 e. The fraction of sp³-hybridized carbons (Fsp3) is 0.286. The lowest BCUT2D eigenvalue weighted by Gasteiger charge is -2.05. The fourth-order valence-electron chi connectivity index (χ4n) is 1.94. The highest BCUT2D eigenvalue weighted by molar-refractivity contribution is 5.87. The highest BCUT2D eigenvalue weighted by Gasteiger charge is 2.08. The second-order valence-electron chi connectivity index (χ2n) is 4.72. The van der Waals surface area contributed by atoms with E-state index in [2.05, 4.69) is 0 Å². The zero-order valence-electron chi connectivity index (χ0n) is 10.9. The molecular formula is C14H16N2O3. The van der Waals surface area contributed by atoms with E-state index in [1.54, 1.807) is 33.7 Å². The lowest BCUT2D eigenvalue weighted by molar-refractivity contribution is 0.0696. The highest BCUT2D eigenvalue weighted by Crippen LogP contribution is 2.07. The molecule has 19 heavy (non-hydrogen) atoms. The summed E-state index contributed by atoms with van der Waals surface area (Å²) in [6, 6.07) is 6.73. The van der Waals surface area contributed by atoms with Gasteiger partial charge in [-0.3, -0.25) is 9.13 Å². The monoisotopic (exact) mass is 260 g/mol. The van der Waals surface area contributed by atoms with Crippen LogP contribution >= 0.6 is 0 Å². The van der Waals surface area contributed by atoms with Crippen LogP contribution in [0.3, 0.4) is 0 Å². The first-order chi connectivity index (χ1) is 8.99. The van der Waals surface area contributed by atoms with Crippen LogP contribution in [0.15, 0.2) is 41.5 Å². The Morgan fingerprint density at radius 1 is 1.32 bits per heavy atom. The Morgan fingerprint density at radius 2 is 2.05 bits per heavy atom. The number of benzene rings is 1. The third-order valence-corrected chi connectivity index (χ3v) is 2.96. The third kappa shape index (κ3) is 2.76. The van der Waals surface area contributed by atoms with Crippen LogP contribution in [-0.4, -0.2) is 20.2 Å². The molecule has 0 spiro atoms. The zero-order valence-corrected chi connectivity index (χ0v) is 10.9. The van der Waals surface area contributed by atoms with Gasteiger partial charge in [-0.1, -0.05) is 12.1 Å². The molecule has 0 amide bonds. The number of aromatic nitrogens is 2. The van der Waals surface area contributed by atoms with E-state index in [4.69, 9.17) is 5.11 Å². The largest absolute Gasteiger partial charge is 0.478 e. The predicted molar refractivity (Wildman–Crippen MR) is 71.6 cm³/mol. The number of hydrogen-bond donors (Lipinski definition) is 1. The van der Waals surface area contributed by atoms with Crippen LogP contribution in [0, 0.1) is 0 Å². The quantitative estimate of drug-likeness (QED) is 0.914. The van der Waals surface area contributed by atoms with Crippen molar-refractivity contribution in [3.63, 3.8) is 0 Å². The smallest absolute Gasteiger partial charge is 0.335 e. The van der Waals surface area contributed by atoms with E-state index in [1.165, 1.54) is 6.07 Å². The van der Waals surface area contributed by atoms with Gasteiger partial charge in [-0.25, -0.2) is 9.59 Å². The van der Waals surface area contributed by atoms with Gasteiger partial charge in [-0.05, 0) is 31.5 Å². The molecule has 0 bridgehead atoms. The van der Waals surface area contributed by atoms with Gasteiger partial charge in [0.25, 0.3) is 0 Å². The predicted octanol–water partition coefficient (Wildman–Crippen LogP) is 1.98. The van der Waals surface area contributed by atoms with Gasteiger partial charge in [-0.15, -0.1) is 0 Å². The van der Waals surface area contributed by atoms with Crippen molar-refractivity contribution < 1.29 is 9.90 Å². The van der Waals surface area contributed by atoms with Crippen LogP contribution in [0.25, 0.3) is 0 Å². The molecule has 5 heteroatoms. The number of carboxylic acid groups (broad SMARTS) is 1.